The molecule has 0 N–H and O–H groups in total. The van der Waals surface area contributed by atoms with Gasteiger partial charge in [0.25, 0.3) is 0 Å². The van der Waals surface area contributed by atoms with E-state index in [2.05, 4.69) is 65.9 Å². The summed E-state index contributed by atoms with van der Waals surface area (Å²) in [4.78, 5) is 0. The molecule has 0 saturated heterocycles. The molecule has 0 amide bonds. The first kappa shape index (κ1) is 24.6. The third-order valence-electron chi connectivity index (χ3n) is 14.5. The minimum atomic E-state index is 0.765. The molecule has 3 aromatic carbocycles. The largest absolute Gasteiger partial charge is 0.135 e. The summed E-state index contributed by atoms with van der Waals surface area (Å²) >= 11 is 2.09. The Bertz CT molecular complexity index is 1630. The Morgan fingerprint density at radius 2 is 1.12 bits per heavy atom. The maximum Gasteiger partial charge on any atom is 0.0390 e. The summed E-state index contributed by atoms with van der Waals surface area (Å²) in [5, 5.41) is 5.85. The lowest BCUT2D eigenvalue weighted by Gasteiger charge is -2.67. The molecule has 0 aliphatic heterocycles. The van der Waals surface area contributed by atoms with Gasteiger partial charge in [-0.1, -0.05) is 74.2 Å². The minimum Gasteiger partial charge on any atom is -0.135 e. The van der Waals surface area contributed by atoms with Crippen LogP contribution in [-0.4, -0.2) is 0 Å². The van der Waals surface area contributed by atoms with E-state index >= 15 is 0 Å². The fourth-order valence-corrected chi connectivity index (χ4v) is 14.7. The number of benzene rings is 3. The molecule has 41 heavy (non-hydrogen) atoms. The van der Waals surface area contributed by atoms with Gasteiger partial charge in [0.1, 0.15) is 0 Å². The third kappa shape index (κ3) is 3.45. The first-order chi connectivity index (χ1) is 20.3. The molecular formula is C40H46S. The van der Waals surface area contributed by atoms with Gasteiger partial charge in [0.05, 0.1) is 0 Å². The normalized spacial score (nSPS) is 41.6. The lowest BCUT2D eigenvalue weighted by Crippen LogP contribution is -2.61. The molecule has 0 radical (unpaired) electrons. The molecule has 0 bridgehead atoms. The van der Waals surface area contributed by atoms with Crippen LogP contribution in [0.25, 0.3) is 30.9 Å². The minimum absolute atomic E-state index is 0.765. The van der Waals surface area contributed by atoms with E-state index < -0.39 is 0 Å². The highest BCUT2D eigenvalue weighted by molar-refractivity contribution is 7.26. The molecule has 11 atom stereocenters. The summed E-state index contributed by atoms with van der Waals surface area (Å²) < 4.78 is 3.09. The summed E-state index contributed by atoms with van der Waals surface area (Å²) in [5.41, 5.74) is 1.71. The number of hydrogen-bond donors (Lipinski definition) is 0. The van der Waals surface area contributed by atoms with Crippen LogP contribution >= 0.6 is 11.3 Å². The van der Waals surface area contributed by atoms with Gasteiger partial charge in [-0.2, -0.15) is 0 Å². The predicted octanol–water partition coefficient (Wildman–Crippen LogP) is 11.6. The van der Waals surface area contributed by atoms with Crippen LogP contribution < -0.4 is 0 Å². The fourth-order valence-electron chi connectivity index (χ4n) is 13.4. The first-order valence-corrected chi connectivity index (χ1v) is 18.5. The number of fused-ring (bicyclic) bond motifs is 11. The van der Waals surface area contributed by atoms with Crippen molar-refractivity contribution in [2.45, 2.75) is 89.4 Å². The van der Waals surface area contributed by atoms with Crippen molar-refractivity contribution < 1.29 is 0 Å². The van der Waals surface area contributed by atoms with Gasteiger partial charge in [-0.25, -0.2) is 0 Å². The van der Waals surface area contributed by atoms with Crippen LogP contribution in [0.1, 0.15) is 95.0 Å². The lowest BCUT2D eigenvalue weighted by molar-refractivity contribution is -0.188. The van der Waals surface area contributed by atoms with Crippen molar-refractivity contribution in [1.29, 1.82) is 0 Å². The van der Waals surface area contributed by atoms with Gasteiger partial charge < -0.3 is 0 Å². The molecular weight excluding hydrogens is 513 g/mol. The van der Waals surface area contributed by atoms with E-state index in [1.54, 1.807) is 74.5 Å². The molecule has 6 aliphatic rings. The molecule has 4 aromatic rings. The standard InChI is InChI=1S/C40H46S/c1-2-9-25-23(8-1)19-21-36-37(25)34-17-5-12-26(40(34)41-36)24-18-20-29-32-15-6-13-30-27-10-3-4-11-28(27)31-14-7-16-33(35(29)22-24)39(31)38(30)32/h1-2,5,8-9,12,17,19,21,24,27-33,35,38-39H,3-4,6-7,10-11,13-16,18,20,22H2. The second kappa shape index (κ2) is 9.32. The summed E-state index contributed by atoms with van der Waals surface area (Å²) in [6.45, 7) is 0. The topological polar surface area (TPSA) is 0 Å². The molecule has 0 spiro atoms. The van der Waals surface area contributed by atoms with Gasteiger partial charge in [0.15, 0.2) is 0 Å². The van der Waals surface area contributed by atoms with E-state index in [9.17, 15) is 0 Å². The van der Waals surface area contributed by atoms with Crippen LogP contribution in [-0.2, 0) is 0 Å². The van der Waals surface area contributed by atoms with E-state index in [1.807, 2.05) is 0 Å². The molecule has 1 heterocycles. The van der Waals surface area contributed by atoms with E-state index in [0.29, 0.717) is 0 Å². The molecule has 0 nitrogen and oxygen atoms in total. The maximum absolute atomic E-state index is 2.55. The highest BCUT2D eigenvalue weighted by Crippen LogP contribution is 2.69. The van der Waals surface area contributed by atoms with Gasteiger partial charge in [-0.05, 0) is 145 Å². The van der Waals surface area contributed by atoms with Crippen LogP contribution in [0.5, 0.6) is 0 Å². The predicted molar refractivity (Wildman–Crippen MR) is 174 cm³/mol. The van der Waals surface area contributed by atoms with Gasteiger partial charge in [-0.3, -0.25) is 0 Å². The number of rotatable bonds is 1. The summed E-state index contributed by atoms with van der Waals surface area (Å²) in [6.07, 6.45) is 20.2. The Kier molecular flexibility index (Phi) is 5.58. The fraction of sp³-hybridized carbons (Fsp3) is 0.600. The smallest absolute Gasteiger partial charge is 0.0390 e. The van der Waals surface area contributed by atoms with E-state index in [-0.39, 0.29) is 0 Å². The van der Waals surface area contributed by atoms with Crippen molar-refractivity contribution in [3.05, 3.63) is 60.2 Å². The zero-order chi connectivity index (χ0) is 26.7. The highest BCUT2D eigenvalue weighted by Gasteiger charge is 2.62. The Labute approximate surface area is 250 Å². The Balaban J connectivity index is 1.05. The van der Waals surface area contributed by atoms with Crippen molar-refractivity contribution in [3.63, 3.8) is 0 Å². The van der Waals surface area contributed by atoms with Crippen molar-refractivity contribution in [3.8, 4) is 0 Å². The Morgan fingerprint density at radius 1 is 0.488 bits per heavy atom. The quantitative estimate of drug-likeness (QED) is 0.218. The molecule has 6 aliphatic carbocycles. The zero-order valence-corrected chi connectivity index (χ0v) is 25.5. The van der Waals surface area contributed by atoms with Gasteiger partial charge >= 0.3 is 0 Å². The van der Waals surface area contributed by atoms with Crippen molar-refractivity contribution in [2.75, 3.05) is 0 Å². The summed E-state index contributed by atoms with van der Waals surface area (Å²) in [6, 6.07) is 21.2. The zero-order valence-electron chi connectivity index (χ0n) is 24.6. The average Bonchev–Trinajstić information content (AvgIpc) is 3.44. The van der Waals surface area contributed by atoms with E-state index in [0.717, 1.165) is 65.1 Å². The van der Waals surface area contributed by atoms with Crippen molar-refractivity contribution >= 4 is 42.3 Å². The lowest BCUT2D eigenvalue weighted by atomic mass is 9.37. The van der Waals surface area contributed by atoms with Crippen LogP contribution in [0.4, 0.5) is 0 Å². The van der Waals surface area contributed by atoms with Gasteiger partial charge in [-0.15, -0.1) is 11.3 Å². The molecule has 11 unspecified atom stereocenters. The SMILES string of the molecule is c1ccc2c(c1)ccc1sc3c(C4CCC5C(C4)C4CCCC6C7CCCCC7C7CCCC5C7C64)cccc3c12. The molecule has 212 valence electrons. The monoisotopic (exact) mass is 558 g/mol. The molecule has 1 aromatic heterocycles. The number of thiophene rings is 1. The summed E-state index contributed by atoms with van der Waals surface area (Å²) in [7, 11) is 0. The number of hydrogen-bond acceptors (Lipinski definition) is 1. The van der Waals surface area contributed by atoms with Gasteiger partial charge in [0.2, 0.25) is 0 Å². The van der Waals surface area contributed by atoms with Crippen LogP contribution in [0.2, 0.25) is 0 Å². The summed E-state index contributed by atoms with van der Waals surface area (Å²) in [5.74, 6) is 11.6. The average molecular weight is 559 g/mol. The van der Waals surface area contributed by atoms with E-state index in [1.165, 1.54) is 45.5 Å². The second-order valence-corrected chi connectivity index (χ2v) is 16.7. The second-order valence-electron chi connectivity index (χ2n) is 15.6. The van der Waals surface area contributed by atoms with Crippen molar-refractivity contribution in [2.24, 2.45) is 59.2 Å². The highest BCUT2D eigenvalue weighted by atomic mass is 32.1. The van der Waals surface area contributed by atoms with Gasteiger partial charge in [0, 0.05) is 20.2 Å². The molecule has 1 heteroatoms. The molecule has 6 saturated carbocycles. The van der Waals surface area contributed by atoms with E-state index in [4.69, 9.17) is 0 Å². The molecule has 6 fully saturated rings. The van der Waals surface area contributed by atoms with Crippen LogP contribution in [0.15, 0.2) is 54.6 Å². The third-order valence-corrected chi connectivity index (χ3v) is 15.7. The Hall–Kier alpha value is -1.86. The molecule has 10 rings (SSSR count). The first-order valence-electron chi connectivity index (χ1n) is 17.7. The maximum atomic E-state index is 2.55. The van der Waals surface area contributed by atoms with Crippen LogP contribution in [0, 0.1) is 59.2 Å². The Morgan fingerprint density at radius 3 is 1.88 bits per heavy atom. The van der Waals surface area contributed by atoms with Crippen LogP contribution in [0.3, 0.4) is 0 Å². The van der Waals surface area contributed by atoms with Crippen molar-refractivity contribution in [1.82, 2.24) is 0 Å².